The Labute approximate surface area is 124 Å². The molecule has 0 N–H and O–H groups in total. The van der Waals surface area contributed by atoms with Crippen LogP contribution in [-0.2, 0) is 9.53 Å². The van der Waals surface area contributed by atoms with Crippen LogP contribution in [0.5, 0.6) is 0 Å². The van der Waals surface area contributed by atoms with Crippen molar-refractivity contribution >= 4 is 11.6 Å². The van der Waals surface area contributed by atoms with E-state index in [0.29, 0.717) is 12.2 Å². The van der Waals surface area contributed by atoms with Crippen LogP contribution in [0.2, 0.25) is 0 Å². The second-order valence-corrected chi connectivity index (χ2v) is 5.47. The first-order valence-corrected chi connectivity index (χ1v) is 7.43. The Morgan fingerprint density at radius 1 is 1.19 bits per heavy atom. The van der Waals surface area contributed by atoms with Gasteiger partial charge in [0.05, 0.1) is 11.6 Å². The summed E-state index contributed by atoms with van der Waals surface area (Å²) in [6.07, 6.45) is 1.63. The summed E-state index contributed by atoms with van der Waals surface area (Å²) in [5.41, 5.74) is 1.78. The van der Waals surface area contributed by atoms with E-state index in [-0.39, 0.29) is 12.0 Å². The maximum Gasteiger partial charge on any atom is 0.251 e. The summed E-state index contributed by atoms with van der Waals surface area (Å²) in [5.74, 6) is 0.145. The van der Waals surface area contributed by atoms with Crippen molar-refractivity contribution in [3.63, 3.8) is 0 Å². The molecule has 0 spiro atoms. The molecule has 5 heteroatoms. The van der Waals surface area contributed by atoms with Crippen LogP contribution < -0.4 is 4.90 Å². The van der Waals surface area contributed by atoms with Crippen molar-refractivity contribution in [3.8, 4) is 6.07 Å². The van der Waals surface area contributed by atoms with Gasteiger partial charge in [-0.15, -0.1) is 0 Å². The van der Waals surface area contributed by atoms with E-state index >= 15 is 0 Å². The molecule has 2 heterocycles. The number of carbonyl (C=O) groups is 1. The lowest BCUT2D eigenvalue weighted by Gasteiger charge is -2.37. The van der Waals surface area contributed by atoms with Crippen LogP contribution in [0, 0.1) is 11.3 Å². The van der Waals surface area contributed by atoms with Crippen LogP contribution >= 0.6 is 0 Å². The van der Waals surface area contributed by atoms with Crippen molar-refractivity contribution in [2.75, 3.05) is 37.7 Å². The topological polar surface area (TPSA) is 56.6 Å². The predicted octanol–water partition coefficient (Wildman–Crippen LogP) is 1.39. The fourth-order valence-electron chi connectivity index (χ4n) is 2.91. The lowest BCUT2D eigenvalue weighted by atomic mass is 10.1. The highest BCUT2D eigenvalue weighted by Crippen LogP contribution is 2.19. The first-order chi connectivity index (χ1) is 10.3. The van der Waals surface area contributed by atoms with Gasteiger partial charge in [-0.3, -0.25) is 4.79 Å². The van der Waals surface area contributed by atoms with Gasteiger partial charge in [-0.05, 0) is 37.1 Å². The standard InChI is InChI=1S/C16H19N3O2/c17-12-13-3-5-14(6-4-13)18-7-9-19(10-8-18)16(20)15-2-1-11-21-15/h3-6,15H,1-2,7-11H2. The van der Waals surface area contributed by atoms with Gasteiger partial charge in [-0.1, -0.05) is 0 Å². The summed E-state index contributed by atoms with van der Waals surface area (Å²) >= 11 is 0. The minimum Gasteiger partial charge on any atom is -0.368 e. The van der Waals surface area contributed by atoms with E-state index < -0.39 is 0 Å². The van der Waals surface area contributed by atoms with E-state index in [9.17, 15) is 4.79 Å². The molecule has 3 rings (SSSR count). The van der Waals surface area contributed by atoms with Crippen LogP contribution in [0.4, 0.5) is 5.69 Å². The third kappa shape index (κ3) is 3.01. The Morgan fingerprint density at radius 3 is 2.48 bits per heavy atom. The number of nitriles is 1. The van der Waals surface area contributed by atoms with Crippen molar-refractivity contribution in [2.45, 2.75) is 18.9 Å². The van der Waals surface area contributed by atoms with Gasteiger partial charge in [0.1, 0.15) is 6.10 Å². The van der Waals surface area contributed by atoms with E-state index in [4.69, 9.17) is 10.00 Å². The summed E-state index contributed by atoms with van der Waals surface area (Å²) in [4.78, 5) is 16.4. The average molecular weight is 285 g/mol. The molecular formula is C16H19N3O2. The fraction of sp³-hybridized carbons (Fsp3) is 0.500. The first kappa shape index (κ1) is 13.9. The first-order valence-electron chi connectivity index (χ1n) is 7.43. The largest absolute Gasteiger partial charge is 0.368 e. The van der Waals surface area contributed by atoms with E-state index in [0.717, 1.165) is 44.7 Å². The van der Waals surface area contributed by atoms with Gasteiger partial charge in [0.15, 0.2) is 0 Å². The number of hydrogen-bond donors (Lipinski definition) is 0. The molecular weight excluding hydrogens is 266 g/mol. The molecule has 0 aromatic heterocycles. The minimum atomic E-state index is -0.216. The number of benzene rings is 1. The third-order valence-corrected chi connectivity index (χ3v) is 4.16. The molecule has 1 atom stereocenters. The van der Waals surface area contributed by atoms with E-state index in [2.05, 4.69) is 11.0 Å². The van der Waals surface area contributed by atoms with Crippen LogP contribution in [0.3, 0.4) is 0 Å². The summed E-state index contributed by atoms with van der Waals surface area (Å²) in [6.45, 7) is 3.83. The molecule has 1 aromatic rings. The molecule has 0 bridgehead atoms. The number of piperazine rings is 1. The smallest absolute Gasteiger partial charge is 0.251 e. The normalized spacial score (nSPS) is 22.1. The predicted molar refractivity (Wildman–Crippen MR) is 78.9 cm³/mol. The number of carbonyl (C=O) groups excluding carboxylic acids is 1. The van der Waals surface area contributed by atoms with Gasteiger partial charge in [-0.2, -0.15) is 5.26 Å². The number of anilines is 1. The molecule has 0 aliphatic carbocycles. The molecule has 0 saturated carbocycles. The highest BCUT2D eigenvalue weighted by molar-refractivity contribution is 5.81. The molecule has 21 heavy (non-hydrogen) atoms. The van der Waals surface area contributed by atoms with E-state index in [1.165, 1.54) is 0 Å². The van der Waals surface area contributed by atoms with Gasteiger partial charge in [0.25, 0.3) is 5.91 Å². The SMILES string of the molecule is N#Cc1ccc(N2CCN(C(=O)C3CCCO3)CC2)cc1. The van der Waals surface area contributed by atoms with Crippen molar-refractivity contribution in [1.29, 1.82) is 5.26 Å². The van der Waals surface area contributed by atoms with Crippen molar-refractivity contribution in [1.82, 2.24) is 4.90 Å². The summed E-state index contributed by atoms with van der Waals surface area (Å²) < 4.78 is 5.47. The Kier molecular flexibility index (Phi) is 4.07. The van der Waals surface area contributed by atoms with Gasteiger partial charge in [0.2, 0.25) is 0 Å². The number of amides is 1. The zero-order valence-electron chi connectivity index (χ0n) is 12.0. The minimum absolute atomic E-state index is 0.145. The fourth-order valence-corrected chi connectivity index (χ4v) is 2.91. The molecule has 0 radical (unpaired) electrons. The molecule has 1 unspecified atom stereocenters. The Bertz CT molecular complexity index is 536. The molecule has 1 aromatic carbocycles. The van der Waals surface area contributed by atoms with Crippen molar-refractivity contribution in [3.05, 3.63) is 29.8 Å². The van der Waals surface area contributed by atoms with Crippen LogP contribution in [0.15, 0.2) is 24.3 Å². The number of rotatable bonds is 2. The quantitative estimate of drug-likeness (QED) is 0.824. The monoisotopic (exact) mass is 285 g/mol. The maximum absolute atomic E-state index is 12.3. The number of nitrogens with zero attached hydrogens (tertiary/aromatic N) is 3. The summed E-state index contributed by atoms with van der Waals surface area (Å²) in [5, 5.41) is 8.82. The van der Waals surface area contributed by atoms with Crippen LogP contribution in [0.25, 0.3) is 0 Å². The van der Waals surface area contributed by atoms with Gasteiger partial charge in [-0.25, -0.2) is 0 Å². The number of ether oxygens (including phenoxy) is 1. The van der Waals surface area contributed by atoms with Gasteiger partial charge < -0.3 is 14.5 Å². The van der Waals surface area contributed by atoms with E-state index in [1.54, 1.807) is 0 Å². The molecule has 2 aliphatic heterocycles. The highest BCUT2D eigenvalue weighted by atomic mass is 16.5. The molecule has 1 amide bonds. The lowest BCUT2D eigenvalue weighted by molar-refractivity contribution is -0.141. The van der Waals surface area contributed by atoms with Crippen molar-refractivity contribution < 1.29 is 9.53 Å². The Morgan fingerprint density at radius 2 is 1.90 bits per heavy atom. The molecule has 110 valence electrons. The molecule has 2 saturated heterocycles. The summed E-state index contributed by atoms with van der Waals surface area (Å²) in [6, 6.07) is 9.73. The Balaban J connectivity index is 1.57. The van der Waals surface area contributed by atoms with Crippen LogP contribution in [-0.4, -0.2) is 49.7 Å². The average Bonchev–Trinajstić information content (AvgIpc) is 3.09. The molecule has 2 aliphatic rings. The second-order valence-electron chi connectivity index (χ2n) is 5.47. The van der Waals surface area contributed by atoms with Gasteiger partial charge >= 0.3 is 0 Å². The zero-order chi connectivity index (χ0) is 14.7. The summed E-state index contributed by atoms with van der Waals surface area (Å²) in [7, 11) is 0. The van der Waals surface area contributed by atoms with E-state index in [1.807, 2.05) is 29.2 Å². The molecule has 2 fully saturated rings. The highest BCUT2D eigenvalue weighted by Gasteiger charge is 2.30. The number of hydrogen-bond acceptors (Lipinski definition) is 4. The lowest BCUT2D eigenvalue weighted by Crippen LogP contribution is -2.51. The zero-order valence-corrected chi connectivity index (χ0v) is 12.0. The molecule has 5 nitrogen and oxygen atoms in total. The third-order valence-electron chi connectivity index (χ3n) is 4.16. The Hall–Kier alpha value is -2.06. The van der Waals surface area contributed by atoms with Crippen molar-refractivity contribution in [2.24, 2.45) is 0 Å². The van der Waals surface area contributed by atoms with Crippen LogP contribution in [0.1, 0.15) is 18.4 Å². The second kappa shape index (κ2) is 6.15. The van der Waals surface area contributed by atoms with Gasteiger partial charge in [0, 0.05) is 38.5 Å². The maximum atomic E-state index is 12.3.